The number of aromatic nitrogens is 2. The van der Waals surface area contributed by atoms with Crippen molar-refractivity contribution in [2.45, 2.75) is 39.2 Å². The average molecular weight is 308 g/mol. The molecule has 1 aromatic rings. The molecule has 1 aliphatic rings. The van der Waals surface area contributed by atoms with Crippen molar-refractivity contribution >= 4 is 6.03 Å². The highest BCUT2D eigenvalue weighted by Crippen LogP contribution is 2.16. The molecule has 1 aliphatic heterocycles. The van der Waals surface area contributed by atoms with Crippen LogP contribution in [0.2, 0.25) is 0 Å². The lowest BCUT2D eigenvalue weighted by molar-refractivity contribution is 0.0518. The summed E-state index contributed by atoms with van der Waals surface area (Å²) < 4.78 is 7.43. The molecule has 1 atom stereocenters. The number of ether oxygens (including phenoxy) is 1. The summed E-state index contributed by atoms with van der Waals surface area (Å²) in [7, 11) is 1.95. The minimum Gasteiger partial charge on any atom is -0.381 e. The fraction of sp³-hybridized carbons (Fsp3) is 0.750. The highest BCUT2D eigenvalue weighted by molar-refractivity contribution is 5.74. The van der Waals surface area contributed by atoms with E-state index in [4.69, 9.17) is 4.74 Å². The molecule has 6 heteroatoms. The highest BCUT2D eigenvalue weighted by atomic mass is 16.5. The zero-order valence-electron chi connectivity index (χ0n) is 13.8. The van der Waals surface area contributed by atoms with Crippen LogP contribution in [0.3, 0.4) is 0 Å². The zero-order chi connectivity index (χ0) is 15.8. The molecule has 0 aliphatic carbocycles. The molecule has 22 heavy (non-hydrogen) atoms. The van der Waals surface area contributed by atoms with Gasteiger partial charge in [-0.25, -0.2) is 9.78 Å². The maximum Gasteiger partial charge on any atom is 0.317 e. The minimum absolute atomic E-state index is 0.00146. The number of rotatable bonds is 7. The summed E-state index contributed by atoms with van der Waals surface area (Å²) in [5.41, 5.74) is 0. The van der Waals surface area contributed by atoms with Gasteiger partial charge in [-0.05, 0) is 31.6 Å². The normalized spacial score (nSPS) is 18.2. The van der Waals surface area contributed by atoms with Gasteiger partial charge >= 0.3 is 6.03 Å². The van der Waals surface area contributed by atoms with Gasteiger partial charge in [0.05, 0.1) is 6.54 Å². The molecule has 6 nitrogen and oxygen atoms in total. The van der Waals surface area contributed by atoms with Crippen LogP contribution in [0.1, 0.15) is 38.4 Å². The van der Waals surface area contributed by atoms with E-state index in [0.717, 1.165) is 44.8 Å². The third-order valence-electron chi connectivity index (χ3n) is 4.12. The lowest BCUT2D eigenvalue weighted by Gasteiger charge is -2.24. The van der Waals surface area contributed by atoms with Crippen LogP contribution in [0.15, 0.2) is 12.4 Å². The molecule has 0 spiro atoms. The highest BCUT2D eigenvalue weighted by Gasteiger charge is 2.17. The third-order valence-corrected chi connectivity index (χ3v) is 4.12. The van der Waals surface area contributed by atoms with Gasteiger partial charge < -0.3 is 19.5 Å². The first-order valence-corrected chi connectivity index (χ1v) is 8.27. The molecule has 0 aromatic carbocycles. The number of imidazole rings is 1. The van der Waals surface area contributed by atoms with Crippen LogP contribution in [0, 0.1) is 5.92 Å². The van der Waals surface area contributed by atoms with E-state index in [-0.39, 0.29) is 6.03 Å². The van der Waals surface area contributed by atoms with E-state index in [0.29, 0.717) is 19.0 Å². The summed E-state index contributed by atoms with van der Waals surface area (Å²) in [6, 6.07) is 0.00146. The summed E-state index contributed by atoms with van der Waals surface area (Å²) in [5.74, 6) is 1.49. The molecule has 1 unspecified atom stereocenters. The molecule has 0 bridgehead atoms. The SMILES string of the molecule is CCCN(Cc1nccn1C)C(=O)NCCC1CCCOC1. The molecule has 0 radical (unpaired) electrons. The van der Waals surface area contributed by atoms with Crippen LogP contribution >= 0.6 is 0 Å². The van der Waals surface area contributed by atoms with Crippen molar-refractivity contribution in [2.75, 3.05) is 26.3 Å². The molecule has 2 heterocycles. The Morgan fingerprint density at radius 2 is 2.45 bits per heavy atom. The van der Waals surface area contributed by atoms with Crippen molar-refractivity contribution in [1.29, 1.82) is 0 Å². The Bertz CT molecular complexity index is 455. The van der Waals surface area contributed by atoms with Crippen LogP contribution in [-0.2, 0) is 18.3 Å². The number of hydrogen-bond donors (Lipinski definition) is 1. The fourth-order valence-corrected chi connectivity index (χ4v) is 2.77. The predicted octanol–water partition coefficient (Wildman–Crippen LogP) is 2.16. The van der Waals surface area contributed by atoms with Crippen LogP contribution < -0.4 is 5.32 Å². The molecule has 1 N–H and O–H groups in total. The minimum atomic E-state index is 0.00146. The summed E-state index contributed by atoms with van der Waals surface area (Å²) in [6.07, 6.45) is 7.95. The molecule has 1 saturated heterocycles. The molecule has 2 amide bonds. The number of carbonyl (C=O) groups is 1. The maximum absolute atomic E-state index is 12.4. The Hall–Kier alpha value is -1.56. The standard InChI is InChI=1S/C16H28N4O2/c1-3-9-20(12-15-17-8-10-19(15)2)16(21)18-7-6-14-5-4-11-22-13-14/h8,10,14H,3-7,9,11-13H2,1-2H3,(H,18,21). The smallest absolute Gasteiger partial charge is 0.317 e. The number of urea groups is 1. The topological polar surface area (TPSA) is 59.4 Å². The van der Waals surface area contributed by atoms with Crippen molar-refractivity contribution in [3.8, 4) is 0 Å². The number of amides is 2. The van der Waals surface area contributed by atoms with Gasteiger partial charge in [-0.3, -0.25) is 0 Å². The van der Waals surface area contributed by atoms with Crippen LogP contribution in [-0.4, -0.2) is 46.8 Å². The first-order chi connectivity index (χ1) is 10.7. The Kier molecular flexibility index (Phi) is 6.71. The Morgan fingerprint density at radius 1 is 1.59 bits per heavy atom. The van der Waals surface area contributed by atoms with E-state index in [1.54, 1.807) is 6.20 Å². The quantitative estimate of drug-likeness (QED) is 0.839. The van der Waals surface area contributed by atoms with E-state index in [2.05, 4.69) is 17.2 Å². The number of hydrogen-bond acceptors (Lipinski definition) is 3. The molecule has 0 saturated carbocycles. The maximum atomic E-state index is 12.4. The Balaban J connectivity index is 1.77. The monoisotopic (exact) mass is 308 g/mol. The van der Waals surface area contributed by atoms with Gasteiger partial charge in [-0.2, -0.15) is 0 Å². The lowest BCUT2D eigenvalue weighted by atomic mass is 9.99. The number of nitrogens with zero attached hydrogens (tertiary/aromatic N) is 3. The van der Waals surface area contributed by atoms with E-state index >= 15 is 0 Å². The van der Waals surface area contributed by atoms with Gasteiger partial charge in [0.25, 0.3) is 0 Å². The second-order valence-corrected chi connectivity index (χ2v) is 5.98. The van der Waals surface area contributed by atoms with E-state index in [1.165, 1.54) is 6.42 Å². The predicted molar refractivity (Wildman–Crippen MR) is 85.5 cm³/mol. The van der Waals surface area contributed by atoms with Crippen LogP contribution in [0.25, 0.3) is 0 Å². The lowest BCUT2D eigenvalue weighted by Crippen LogP contribution is -2.41. The van der Waals surface area contributed by atoms with Crippen LogP contribution in [0.5, 0.6) is 0 Å². The van der Waals surface area contributed by atoms with Gasteiger partial charge in [0, 0.05) is 45.7 Å². The second-order valence-electron chi connectivity index (χ2n) is 5.98. The van der Waals surface area contributed by atoms with Crippen molar-refractivity contribution in [3.63, 3.8) is 0 Å². The molecule has 1 aromatic heterocycles. The molecule has 2 rings (SSSR count). The Morgan fingerprint density at radius 3 is 3.09 bits per heavy atom. The first-order valence-electron chi connectivity index (χ1n) is 8.27. The summed E-state index contributed by atoms with van der Waals surface area (Å²) in [5, 5.41) is 3.04. The summed E-state index contributed by atoms with van der Waals surface area (Å²) >= 11 is 0. The number of carbonyl (C=O) groups excluding carboxylic acids is 1. The Labute approximate surface area is 132 Å². The number of aryl methyl sites for hydroxylation is 1. The summed E-state index contributed by atoms with van der Waals surface area (Å²) in [4.78, 5) is 18.5. The van der Waals surface area contributed by atoms with E-state index < -0.39 is 0 Å². The van der Waals surface area contributed by atoms with Crippen LogP contribution in [0.4, 0.5) is 4.79 Å². The number of nitrogens with one attached hydrogen (secondary N) is 1. The molecular formula is C16H28N4O2. The van der Waals surface area contributed by atoms with Gasteiger partial charge in [0.2, 0.25) is 0 Å². The van der Waals surface area contributed by atoms with Crippen molar-refractivity contribution in [1.82, 2.24) is 19.8 Å². The zero-order valence-corrected chi connectivity index (χ0v) is 13.8. The second kappa shape index (κ2) is 8.78. The van der Waals surface area contributed by atoms with E-state index in [1.807, 2.05) is 22.7 Å². The molecular weight excluding hydrogens is 280 g/mol. The van der Waals surface area contributed by atoms with Gasteiger partial charge in [-0.1, -0.05) is 6.92 Å². The van der Waals surface area contributed by atoms with E-state index in [9.17, 15) is 4.79 Å². The van der Waals surface area contributed by atoms with Gasteiger partial charge in [-0.15, -0.1) is 0 Å². The van der Waals surface area contributed by atoms with Gasteiger partial charge in [0.15, 0.2) is 0 Å². The fourth-order valence-electron chi connectivity index (χ4n) is 2.77. The van der Waals surface area contributed by atoms with Crippen molar-refractivity contribution < 1.29 is 9.53 Å². The first kappa shape index (κ1) is 16.8. The third kappa shape index (κ3) is 5.02. The van der Waals surface area contributed by atoms with Crippen molar-refractivity contribution in [3.05, 3.63) is 18.2 Å². The van der Waals surface area contributed by atoms with Gasteiger partial charge in [0.1, 0.15) is 5.82 Å². The molecule has 1 fully saturated rings. The van der Waals surface area contributed by atoms with Crippen molar-refractivity contribution in [2.24, 2.45) is 13.0 Å². The largest absolute Gasteiger partial charge is 0.381 e. The molecule has 124 valence electrons. The average Bonchev–Trinajstić information content (AvgIpc) is 2.93. The summed E-state index contributed by atoms with van der Waals surface area (Å²) in [6.45, 7) is 5.81.